The van der Waals surface area contributed by atoms with Crippen molar-refractivity contribution >= 4 is 5.69 Å². The summed E-state index contributed by atoms with van der Waals surface area (Å²) in [6.45, 7) is 4.16. The SMILES string of the molecule is CC(C)Nc1cncc(CO)c1. The Morgan fingerprint density at radius 2 is 2.25 bits per heavy atom. The number of pyridine rings is 1. The highest BCUT2D eigenvalue weighted by atomic mass is 16.3. The zero-order valence-electron chi connectivity index (χ0n) is 7.41. The van der Waals surface area contributed by atoms with Gasteiger partial charge in [-0.2, -0.15) is 0 Å². The molecule has 0 radical (unpaired) electrons. The van der Waals surface area contributed by atoms with E-state index >= 15 is 0 Å². The van der Waals surface area contributed by atoms with Crippen molar-refractivity contribution in [1.29, 1.82) is 0 Å². The molecule has 0 aliphatic carbocycles. The molecule has 0 saturated heterocycles. The van der Waals surface area contributed by atoms with Gasteiger partial charge in [-0.15, -0.1) is 0 Å². The van der Waals surface area contributed by atoms with Gasteiger partial charge >= 0.3 is 0 Å². The molecule has 66 valence electrons. The summed E-state index contributed by atoms with van der Waals surface area (Å²) in [5.74, 6) is 0. The largest absolute Gasteiger partial charge is 0.392 e. The fourth-order valence-electron chi connectivity index (χ4n) is 0.986. The van der Waals surface area contributed by atoms with Crippen molar-refractivity contribution in [1.82, 2.24) is 4.98 Å². The molecule has 0 bridgehead atoms. The highest BCUT2D eigenvalue weighted by Crippen LogP contribution is 2.08. The van der Waals surface area contributed by atoms with Crippen LogP contribution in [0, 0.1) is 0 Å². The maximum absolute atomic E-state index is 8.83. The van der Waals surface area contributed by atoms with Gasteiger partial charge in [0.15, 0.2) is 0 Å². The van der Waals surface area contributed by atoms with Crippen molar-refractivity contribution in [2.24, 2.45) is 0 Å². The molecule has 0 aromatic carbocycles. The number of hydrogen-bond acceptors (Lipinski definition) is 3. The van der Waals surface area contributed by atoms with E-state index in [-0.39, 0.29) is 6.61 Å². The van der Waals surface area contributed by atoms with Crippen molar-refractivity contribution in [2.75, 3.05) is 5.32 Å². The van der Waals surface area contributed by atoms with E-state index in [2.05, 4.69) is 24.1 Å². The Labute approximate surface area is 72.5 Å². The van der Waals surface area contributed by atoms with Crippen LogP contribution in [0.4, 0.5) is 5.69 Å². The standard InChI is InChI=1S/C9H14N2O/c1-7(2)11-9-3-8(6-12)4-10-5-9/h3-5,7,11-12H,6H2,1-2H3. The molecule has 1 aromatic rings. The molecule has 0 spiro atoms. The van der Waals surface area contributed by atoms with E-state index < -0.39 is 0 Å². The quantitative estimate of drug-likeness (QED) is 0.713. The van der Waals surface area contributed by atoms with E-state index in [9.17, 15) is 0 Å². The summed E-state index contributed by atoms with van der Waals surface area (Å²) in [7, 11) is 0. The number of nitrogens with one attached hydrogen (secondary N) is 1. The zero-order chi connectivity index (χ0) is 8.97. The van der Waals surface area contributed by atoms with E-state index in [1.807, 2.05) is 6.07 Å². The van der Waals surface area contributed by atoms with E-state index in [1.54, 1.807) is 12.4 Å². The van der Waals surface area contributed by atoms with Gasteiger partial charge in [0.25, 0.3) is 0 Å². The maximum atomic E-state index is 8.83. The van der Waals surface area contributed by atoms with E-state index in [4.69, 9.17) is 5.11 Å². The van der Waals surface area contributed by atoms with Crippen molar-refractivity contribution in [3.8, 4) is 0 Å². The zero-order valence-corrected chi connectivity index (χ0v) is 7.41. The van der Waals surface area contributed by atoms with Crippen molar-refractivity contribution in [2.45, 2.75) is 26.5 Å². The topological polar surface area (TPSA) is 45.2 Å². The summed E-state index contributed by atoms with van der Waals surface area (Å²) >= 11 is 0. The van der Waals surface area contributed by atoms with Crippen LogP contribution < -0.4 is 5.32 Å². The smallest absolute Gasteiger partial charge is 0.0697 e. The molecule has 2 N–H and O–H groups in total. The van der Waals surface area contributed by atoms with Crippen molar-refractivity contribution < 1.29 is 5.11 Å². The first-order valence-electron chi connectivity index (χ1n) is 4.03. The van der Waals surface area contributed by atoms with Gasteiger partial charge in [-0.05, 0) is 25.5 Å². The number of aliphatic hydroxyl groups excluding tert-OH is 1. The molecular weight excluding hydrogens is 152 g/mol. The Morgan fingerprint density at radius 1 is 1.50 bits per heavy atom. The minimum absolute atomic E-state index is 0.0423. The van der Waals surface area contributed by atoms with Gasteiger partial charge in [0.1, 0.15) is 0 Å². The van der Waals surface area contributed by atoms with Gasteiger partial charge in [-0.25, -0.2) is 0 Å². The van der Waals surface area contributed by atoms with Crippen LogP contribution in [0.25, 0.3) is 0 Å². The predicted molar refractivity (Wildman–Crippen MR) is 48.9 cm³/mol. The van der Waals surface area contributed by atoms with Crippen molar-refractivity contribution in [3.05, 3.63) is 24.0 Å². The van der Waals surface area contributed by atoms with Gasteiger partial charge in [0, 0.05) is 18.4 Å². The van der Waals surface area contributed by atoms with E-state index in [0.29, 0.717) is 6.04 Å². The highest BCUT2D eigenvalue weighted by molar-refractivity contribution is 5.43. The molecule has 0 amide bonds. The summed E-state index contributed by atoms with van der Waals surface area (Å²) in [6, 6.07) is 2.29. The average Bonchev–Trinajstić information content (AvgIpc) is 2.03. The molecule has 0 fully saturated rings. The van der Waals surface area contributed by atoms with Crippen LogP contribution in [0.3, 0.4) is 0 Å². The van der Waals surface area contributed by atoms with Gasteiger partial charge < -0.3 is 10.4 Å². The van der Waals surface area contributed by atoms with Crippen molar-refractivity contribution in [3.63, 3.8) is 0 Å². The second-order valence-electron chi connectivity index (χ2n) is 3.04. The van der Waals surface area contributed by atoms with E-state index in [1.165, 1.54) is 0 Å². The maximum Gasteiger partial charge on any atom is 0.0697 e. The minimum atomic E-state index is 0.0423. The summed E-state index contributed by atoms with van der Waals surface area (Å²) in [5.41, 5.74) is 1.79. The van der Waals surface area contributed by atoms with Gasteiger partial charge in [0.2, 0.25) is 0 Å². The van der Waals surface area contributed by atoms with Crippen LogP contribution in [0.5, 0.6) is 0 Å². The minimum Gasteiger partial charge on any atom is -0.392 e. The molecule has 0 atom stereocenters. The summed E-state index contributed by atoms with van der Waals surface area (Å²) in [6.07, 6.45) is 3.41. The first kappa shape index (κ1) is 9.00. The first-order valence-corrected chi connectivity index (χ1v) is 4.03. The lowest BCUT2D eigenvalue weighted by atomic mass is 10.2. The second-order valence-corrected chi connectivity index (χ2v) is 3.04. The van der Waals surface area contributed by atoms with Crippen LogP contribution in [0.1, 0.15) is 19.4 Å². The average molecular weight is 166 g/mol. The Bertz CT molecular complexity index is 248. The molecule has 1 rings (SSSR count). The lowest BCUT2D eigenvalue weighted by molar-refractivity contribution is 0.281. The third kappa shape index (κ3) is 2.51. The molecule has 0 unspecified atom stereocenters. The fourth-order valence-corrected chi connectivity index (χ4v) is 0.986. The molecular formula is C9H14N2O. The summed E-state index contributed by atoms with van der Waals surface area (Å²) in [4.78, 5) is 3.99. The van der Waals surface area contributed by atoms with Gasteiger partial charge in [0.05, 0.1) is 12.3 Å². The Kier molecular flexibility index (Phi) is 3.05. The molecule has 12 heavy (non-hydrogen) atoms. The molecule has 0 aliphatic rings. The fraction of sp³-hybridized carbons (Fsp3) is 0.444. The molecule has 0 saturated carbocycles. The Balaban J connectivity index is 2.72. The predicted octanol–water partition coefficient (Wildman–Crippen LogP) is 1.39. The number of aromatic nitrogens is 1. The molecule has 3 heteroatoms. The molecule has 3 nitrogen and oxygen atoms in total. The van der Waals surface area contributed by atoms with Gasteiger partial charge in [-0.1, -0.05) is 0 Å². The third-order valence-corrected chi connectivity index (χ3v) is 1.43. The lowest BCUT2D eigenvalue weighted by Gasteiger charge is -2.09. The van der Waals surface area contributed by atoms with Crippen LogP contribution in [-0.2, 0) is 6.61 Å². The van der Waals surface area contributed by atoms with Crippen LogP contribution >= 0.6 is 0 Å². The normalized spacial score (nSPS) is 10.3. The summed E-state index contributed by atoms with van der Waals surface area (Å²) in [5, 5.41) is 12.0. The Hall–Kier alpha value is -1.09. The molecule has 1 aromatic heterocycles. The Morgan fingerprint density at radius 3 is 2.83 bits per heavy atom. The number of nitrogens with zero attached hydrogens (tertiary/aromatic N) is 1. The third-order valence-electron chi connectivity index (χ3n) is 1.43. The monoisotopic (exact) mass is 166 g/mol. The molecule has 0 aliphatic heterocycles. The van der Waals surface area contributed by atoms with Gasteiger partial charge in [-0.3, -0.25) is 4.98 Å². The second kappa shape index (κ2) is 4.07. The van der Waals surface area contributed by atoms with Crippen LogP contribution in [-0.4, -0.2) is 16.1 Å². The molecule has 1 heterocycles. The number of rotatable bonds is 3. The highest BCUT2D eigenvalue weighted by Gasteiger charge is 1.96. The number of hydrogen-bond donors (Lipinski definition) is 2. The number of aliphatic hydroxyl groups is 1. The van der Waals surface area contributed by atoms with Crippen LogP contribution in [0.15, 0.2) is 18.5 Å². The summed E-state index contributed by atoms with van der Waals surface area (Å²) < 4.78 is 0. The lowest BCUT2D eigenvalue weighted by Crippen LogP contribution is -2.09. The van der Waals surface area contributed by atoms with E-state index in [0.717, 1.165) is 11.3 Å². The van der Waals surface area contributed by atoms with Crippen LogP contribution in [0.2, 0.25) is 0 Å². The first-order chi connectivity index (χ1) is 5.72. The number of anilines is 1.